The molecule has 0 spiro atoms. The summed E-state index contributed by atoms with van der Waals surface area (Å²) < 4.78 is 22.1. The highest BCUT2D eigenvalue weighted by Crippen LogP contribution is 2.38. The number of fused-ring (bicyclic) bond motifs is 1. The topological polar surface area (TPSA) is 94.7 Å². The number of aromatic nitrogens is 2. The summed E-state index contributed by atoms with van der Waals surface area (Å²) in [5.41, 5.74) is 3.28. The molecule has 196 valence electrons. The van der Waals surface area contributed by atoms with Crippen molar-refractivity contribution in [2.75, 3.05) is 44.8 Å². The van der Waals surface area contributed by atoms with Gasteiger partial charge in [-0.1, -0.05) is 23.9 Å². The third-order valence-corrected chi connectivity index (χ3v) is 7.59. The summed E-state index contributed by atoms with van der Waals surface area (Å²) in [4.78, 5) is 22.3. The van der Waals surface area contributed by atoms with Crippen molar-refractivity contribution in [3.05, 3.63) is 60.7 Å². The molecule has 0 saturated heterocycles. The fourth-order valence-electron chi connectivity index (χ4n) is 3.99. The van der Waals surface area contributed by atoms with E-state index in [4.69, 9.17) is 23.9 Å². The Morgan fingerprint density at radius 2 is 1.68 bits per heavy atom. The van der Waals surface area contributed by atoms with Crippen LogP contribution in [0.15, 0.2) is 70.6 Å². The molecule has 2 N–H and O–H groups in total. The molecule has 0 aliphatic carbocycles. The van der Waals surface area contributed by atoms with Gasteiger partial charge in [-0.25, -0.2) is 4.98 Å². The second-order valence-corrected chi connectivity index (χ2v) is 10.1. The smallest absolute Gasteiger partial charge is 0.234 e. The fourth-order valence-corrected chi connectivity index (χ4v) is 5.20. The lowest BCUT2D eigenvalue weighted by Crippen LogP contribution is -2.17. The zero-order chi connectivity index (χ0) is 26.5. The van der Waals surface area contributed by atoms with Gasteiger partial charge in [-0.15, -0.1) is 11.8 Å². The summed E-state index contributed by atoms with van der Waals surface area (Å²) in [7, 11) is 3.21. The number of benzene rings is 3. The molecule has 0 fully saturated rings. The highest BCUT2D eigenvalue weighted by Gasteiger charge is 2.18. The number of imidazole rings is 1. The van der Waals surface area contributed by atoms with Gasteiger partial charge < -0.3 is 29.2 Å². The van der Waals surface area contributed by atoms with E-state index in [1.165, 1.54) is 16.7 Å². The molecule has 0 atom stereocenters. The average molecular weight is 550 g/mol. The second-order valence-electron chi connectivity index (χ2n) is 8.26. The summed E-state index contributed by atoms with van der Waals surface area (Å²) >= 11 is 3.04. The number of nitrogens with zero attached hydrogens (tertiary/aromatic N) is 1. The maximum absolute atomic E-state index is 12.9. The van der Waals surface area contributed by atoms with E-state index in [2.05, 4.69) is 22.4 Å². The van der Waals surface area contributed by atoms with Gasteiger partial charge >= 0.3 is 0 Å². The average Bonchev–Trinajstić information content (AvgIpc) is 3.40. The number of carbonyl (C=O) groups is 1. The number of methoxy groups -OCH3 is 2. The van der Waals surface area contributed by atoms with Crippen molar-refractivity contribution in [1.82, 2.24) is 9.97 Å². The molecular formula is C28H27N3O5S2. The predicted octanol–water partition coefficient (Wildman–Crippen LogP) is 5.98. The predicted molar refractivity (Wildman–Crippen MR) is 151 cm³/mol. The van der Waals surface area contributed by atoms with Crippen molar-refractivity contribution in [2.45, 2.75) is 9.92 Å². The largest absolute Gasteiger partial charge is 0.493 e. The molecule has 3 aromatic carbocycles. The van der Waals surface area contributed by atoms with Crippen LogP contribution in [0.4, 0.5) is 5.69 Å². The van der Waals surface area contributed by atoms with E-state index in [0.717, 1.165) is 22.6 Å². The maximum atomic E-state index is 12.9. The molecule has 1 aliphatic heterocycles. The zero-order valence-corrected chi connectivity index (χ0v) is 22.8. The molecule has 10 heteroatoms. The van der Waals surface area contributed by atoms with Crippen LogP contribution < -0.4 is 24.3 Å². The lowest BCUT2D eigenvalue weighted by molar-refractivity contribution is -0.113. The van der Waals surface area contributed by atoms with Crippen LogP contribution in [0.3, 0.4) is 0 Å². The van der Waals surface area contributed by atoms with E-state index in [1.54, 1.807) is 44.2 Å². The number of nitrogens with one attached hydrogen (secondary N) is 2. The minimum Gasteiger partial charge on any atom is -0.493 e. The standard InChI is InChI=1S/C28H27N3O5S2/c1-33-21-10-6-18(14-23(21)34-2)26-28(31-27(30-26)17-4-8-20(37-3)9-5-17)38-16-25(32)29-19-7-11-22-24(15-19)36-13-12-35-22/h4-11,14-15H,12-13,16H2,1-3H3,(H,29,32)(H,30,31). The number of ether oxygens (including phenoxy) is 4. The molecule has 0 bridgehead atoms. The first-order chi connectivity index (χ1) is 18.6. The van der Waals surface area contributed by atoms with Crippen LogP contribution in [0, 0.1) is 0 Å². The molecule has 1 aromatic heterocycles. The van der Waals surface area contributed by atoms with E-state index >= 15 is 0 Å². The number of hydrogen-bond acceptors (Lipinski definition) is 8. The maximum Gasteiger partial charge on any atom is 0.234 e. The number of thioether (sulfide) groups is 2. The van der Waals surface area contributed by atoms with Crippen molar-refractivity contribution in [3.63, 3.8) is 0 Å². The van der Waals surface area contributed by atoms with Gasteiger partial charge in [0.2, 0.25) is 5.91 Å². The number of amides is 1. The van der Waals surface area contributed by atoms with Gasteiger partial charge in [0, 0.05) is 27.8 Å². The normalized spacial score (nSPS) is 12.2. The molecule has 2 heterocycles. The van der Waals surface area contributed by atoms with Crippen molar-refractivity contribution >= 4 is 35.1 Å². The van der Waals surface area contributed by atoms with Gasteiger partial charge in [0.15, 0.2) is 23.0 Å². The lowest BCUT2D eigenvalue weighted by Gasteiger charge is -2.19. The van der Waals surface area contributed by atoms with Crippen LogP contribution >= 0.6 is 23.5 Å². The molecule has 8 nitrogen and oxygen atoms in total. The monoisotopic (exact) mass is 549 g/mol. The van der Waals surface area contributed by atoms with Crippen LogP contribution in [-0.4, -0.2) is 55.3 Å². The molecule has 0 radical (unpaired) electrons. The first-order valence-corrected chi connectivity index (χ1v) is 14.1. The summed E-state index contributed by atoms with van der Waals surface area (Å²) in [5.74, 6) is 3.29. The van der Waals surface area contributed by atoms with Gasteiger partial charge in [0.1, 0.15) is 24.1 Å². The third-order valence-electron chi connectivity index (χ3n) is 5.87. The van der Waals surface area contributed by atoms with Crippen molar-refractivity contribution in [3.8, 4) is 45.6 Å². The number of hydrogen-bond donors (Lipinski definition) is 2. The Morgan fingerprint density at radius 1 is 0.947 bits per heavy atom. The van der Waals surface area contributed by atoms with E-state index in [0.29, 0.717) is 46.9 Å². The second kappa shape index (κ2) is 11.7. The van der Waals surface area contributed by atoms with E-state index in [9.17, 15) is 4.79 Å². The number of aromatic amines is 1. The fraction of sp³-hybridized carbons (Fsp3) is 0.214. The van der Waals surface area contributed by atoms with E-state index in [1.807, 2.05) is 36.6 Å². The van der Waals surface area contributed by atoms with E-state index < -0.39 is 0 Å². The molecule has 5 rings (SSSR count). The molecule has 1 aliphatic rings. The van der Waals surface area contributed by atoms with Gasteiger partial charge in [-0.3, -0.25) is 4.79 Å². The Hall–Kier alpha value is -3.76. The van der Waals surface area contributed by atoms with Crippen LogP contribution in [0.1, 0.15) is 0 Å². The van der Waals surface area contributed by atoms with Crippen LogP contribution in [0.5, 0.6) is 23.0 Å². The van der Waals surface area contributed by atoms with Crippen LogP contribution in [0.2, 0.25) is 0 Å². The minimum absolute atomic E-state index is 0.154. The Labute approximate surface area is 229 Å². The highest BCUT2D eigenvalue weighted by atomic mass is 32.2. The quantitative estimate of drug-likeness (QED) is 0.246. The zero-order valence-electron chi connectivity index (χ0n) is 21.2. The van der Waals surface area contributed by atoms with Crippen LogP contribution in [0.25, 0.3) is 22.6 Å². The van der Waals surface area contributed by atoms with E-state index in [-0.39, 0.29) is 11.7 Å². The summed E-state index contributed by atoms with van der Waals surface area (Å²) in [5, 5.41) is 3.64. The summed E-state index contributed by atoms with van der Waals surface area (Å²) in [6.45, 7) is 1.01. The molecule has 0 saturated carbocycles. The van der Waals surface area contributed by atoms with Gasteiger partial charge in [0.25, 0.3) is 0 Å². The lowest BCUT2D eigenvalue weighted by atomic mass is 10.1. The SMILES string of the molecule is COc1ccc(-c2[nH]c(-c3ccc(SC)cc3)nc2SCC(=O)Nc2ccc3c(c2)OCCO3)cc1OC. The first-order valence-electron chi connectivity index (χ1n) is 11.9. The number of carbonyl (C=O) groups excluding carboxylic acids is 1. The molecule has 0 unspecified atom stereocenters. The molecule has 1 amide bonds. The van der Waals surface area contributed by atoms with Crippen LogP contribution in [-0.2, 0) is 4.79 Å². The minimum atomic E-state index is -0.154. The van der Waals surface area contributed by atoms with Crippen molar-refractivity contribution in [2.24, 2.45) is 0 Å². The first kappa shape index (κ1) is 25.9. The van der Waals surface area contributed by atoms with Gasteiger partial charge in [-0.2, -0.15) is 0 Å². The Kier molecular flexibility index (Phi) is 8.00. The number of rotatable bonds is 9. The Bertz CT molecular complexity index is 1440. The number of H-pyrrole nitrogens is 1. The number of anilines is 1. The third kappa shape index (κ3) is 5.71. The molecule has 38 heavy (non-hydrogen) atoms. The van der Waals surface area contributed by atoms with Crippen molar-refractivity contribution < 1.29 is 23.7 Å². The summed E-state index contributed by atoms with van der Waals surface area (Å²) in [6.07, 6.45) is 2.04. The van der Waals surface area contributed by atoms with Gasteiger partial charge in [-0.05, 0) is 48.7 Å². The molecule has 4 aromatic rings. The van der Waals surface area contributed by atoms with Gasteiger partial charge in [0.05, 0.1) is 25.7 Å². The Morgan fingerprint density at radius 3 is 2.42 bits per heavy atom. The molecular weight excluding hydrogens is 522 g/mol. The highest BCUT2D eigenvalue weighted by molar-refractivity contribution is 8.00. The summed E-state index contributed by atoms with van der Waals surface area (Å²) in [6, 6.07) is 19.3. The Balaban J connectivity index is 1.39. The van der Waals surface area contributed by atoms with Crippen molar-refractivity contribution in [1.29, 1.82) is 0 Å².